The summed E-state index contributed by atoms with van der Waals surface area (Å²) in [5, 5.41) is 0. The summed E-state index contributed by atoms with van der Waals surface area (Å²) in [6.07, 6.45) is 11.6. The molecule has 0 amide bonds. The number of hydrogen-bond donors (Lipinski definition) is 0. The van der Waals surface area contributed by atoms with Gasteiger partial charge in [0.25, 0.3) is 0 Å². The first-order valence-electron chi connectivity index (χ1n) is 8.27. The fourth-order valence-corrected chi connectivity index (χ4v) is 3.09. The number of halogens is 1. The lowest BCUT2D eigenvalue weighted by Gasteiger charge is -2.15. The van der Waals surface area contributed by atoms with Crippen LogP contribution in [0.3, 0.4) is 0 Å². The first kappa shape index (κ1) is 21.0. The molecule has 6 heteroatoms. The van der Waals surface area contributed by atoms with E-state index in [9.17, 15) is 9.09 Å². The number of hydrogen-bond acceptors (Lipinski definition) is 4. The van der Waals surface area contributed by atoms with Gasteiger partial charge in [0.05, 0.1) is 12.7 Å². The van der Waals surface area contributed by atoms with Gasteiger partial charge in [0.1, 0.15) is 0 Å². The molecule has 0 N–H and O–H groups in total. The van der Waals surface area contributed by atoms with Crippen LogP contribution in [0.4, 0.5) is 4.53 Å². The van der Waals surface area contributed by atoms with Crippen molar-refractivity contribution < 1.29 is 22.9 Å². The molecular formula is C15H32FO4P. The normalized spacial score (nSPS) is 14.5. The van der Waals surface area contributed by atoms with E-state index < -0.39 is 13.9 Å². The third-order valence-corrected chi connectivity index (χ3v) is 4.52. The van der Waals surface area contributed by atoms with Crippen LogP contribution >= 0.6 is 7.82 Å². The minimum absolute atomic E-state index is 0.199. The van der Waals surface area contributed by atoms with E-state index in [2.05, 4.69) is 11.7 Å². The lowest BCUT2D eigenvalue weighted by Crippen LogP contribution is -2.04. The third-order valence-electron chi connectivity index (χ3n) is 3.17. The van der Waals surface area contributed by atoms with Crippen molar-refractivity contribution in [3.8, 4) is 0 Å². The van der Waals surface area contributed by atoms with Crippen LogP contribution in [0.15, 0.2) is 0 Å². The summed E-state index contributed by atoms with van der Waals surface area (Å²) in [5.41, 5.74) is 0. The van der Waals surface area contributed by atoms with Crippen molar-refractivity contribution in [2.24, 2.45) is 0 Å². The largest absolute Gasteiger partial charge is 0.506 e. The Balaban J connectivity index is 3.40. The quantitative estimate of drug-likeness (QED) is 0.259. The Morgan fingerprint density at radius 2 is 1.38 bits per heavy atom. The molecule has 1 unspecified atom stereocenters. The molecule has 21 heavy (non-hydrogen) atoms. The summed E-state index contributed by atoms with van der Waals surface area (Å²) >= 11 is 0. The number of phosphoric acid groups is 1. The van der Waals surface area contributed by atoms with Crippen LogP contribution in [0.1, 0.15) is 85.0 Å². The first-order valence-corrected chi connectivity index (χ1v) is 9.73. The molecule has 4 nitrogen and oxygen atoms in total. The summed E-state index contributed by atoms with van der Waals surface area (Å²) in [4.78, 5) is 0. The molecule has 0 aromatic rings. The van der Waals surface area contributed by atoms with E-state index in [0.29, 0.717) is 0 Å². The zero-order valence-electron chi connectivity index (χ0n) is 13.8. The van der Waals surface area contributed by atoms with Crippen LogP contribution in [-0.2, 0) is 18.3 Å². The molecule has 1 atom stereocenters. The van der Waals surface area contributed by atoms with Gasteiger partial charge in [-0.25, -0.2) is 4.57 Å². The van der Waals surface area contributed by atoms with Crippen LogP contribution in [0.25, 0.3) is 0 Å². The Bertz CT molecular complexity index is 274. The second-order valence-electron chi connectivity index (χ2n) is 5.69. The Morgan fingerprint density at radius 3 is 1.81 bits per heavy atom. The molecule has 0 radical (unpaired) electrons. The fraction of sp³-hybridized carbons (Fsp3) is 1.00. The minimum Gasteiger partial charge on any atom is -0.285 e. The molecule has 0 heterocycles. The highest BCUT2D eigenvalue weighted by atomic mass is 31.2. The van der Waals surface area contributed by atoms with E-state index in [1.165, 1.54) is 44.9 Å². The molecular weight excluding hydrogens is 294 g/mol. The maximum Gasteiger partial charge on any atom is 0.506 e. The molecule has 0 rings (SSSR count). The molecule has 0 fully saturated rings. The molecule has 128 valence electrons. The highest BCUT2D eigenvalue weighted by Crippen LogP contribution is 2.50. The van der Waals surface area contributed by atoms with E-state index in [0.717, 1.165) is 19.3 Å². The number of unbranched alkanes of at least 4 members (excludes halogenated alkanes) is 9. The molecule has 0 aromatic carbocycles. The van der Waals surface area contributed by atoms with Crippen molar-refractivity contribution in [1.29, 1.82) is 0 Å². The maximum absolute atomic E-state index is 12.2. The molecule has 0 saturated carbocycles. The van der Waals surface area contributed by atoms with Gasteiger partial charge < -0.3 is 0 Å². The van der Waals surface area contributed by atoms with E-state index in [1.54, 1.807) is 13.8 Å². The van der Waals surface area contributed by atoms with E-state index in [1.807, 2.05) is 0 Å². The topological polar surface area (TPSA) is 44.8 Å². The average Bonchev–Trinajstić information content (AvgIpc) is 2.44. The van der Waals surface area contributed by atoms with E-state index >= 15 is 0 Å². The second kappa shape index (κ2) is 13.7. The number of rotatable bonds is 15. The zero-order valence-corrected chi connectivity index (χ0v) is 14.7. The van der Waals surface area contributed by atoms with Crippen molar-refractivity contribution in [3.63, 3.8) is 0 Å². The summed E-state index contributed by atoms with van der Waals surface area (Å²) in [7, 11) is -4.00. The molecule has 0 aliphatic carbocycles. The molecule has 0 aromatic heterocycles. The summed E-state index contributed by atoms with van der Waals surface area (Å²) < 4.78 is 36.9. The van der Waals surface area contributed by atoms with Gasteiger partial charge in [-0.1, -0.05) is 69.4 Å². The van der Waals surface area contributed by atoms with Crippen molar-refractivity contribution in [2.75, 3.05) is 6.61 Å². The standard InChI is InChI=1S/C15H32FO4P/c1-4-5-6-7-8-9-10-11-12-13-14-18-21(17,20-16)19-15(2)3/h15H,4-14H2,1-3H3. The lowest BCUT2D eigenvalue weighted by molar-refractivity contribution is -0.0626. The van der Waals surface area contributed by atoms with Gasteiger partial charge >= 0.3 is 7.82 Å². The highest BCUT2D eigenvalue weighted by molar-refractivity contribution is 7.48. The van der Waals surface area contributed by atoms with Gasteiger partial charge in [-0.15, -0.1) is 0 Å². The molecule has 0 aliphatic heterocycles. The summed E-state index contributed by atoms with van der Waals surface area (Å²) in [6.45, 7) is 5.72. The monoisotopic (exact) mass is 326 g/mol. The summed E-state index contributed by atoms with van der Waals surface area (Å²) in [5.74, 6) is 0. The van der Waals surface area contributed by atoms with Crippen LogP contribution < -0.4 is 0 Å². The molecule has 0 aliphatic rings. The highest BCUT2D eigenvalue weighted by Gasteiger charge is 2.29. The average molecular weight is 326 g/mol. The Morgan fingerprint density at radius 1 is 0.905 bits per heavy atom. The van der Waals surface area contributed by atoms with Crippen LogP contribution in [-0.4, -0.2) is 12.7 Å². The van der Waals surface area contributed by atoms with Gasteiger partial charge in [0, 0.05) is 0 Å². The summed E-state index contributed by atoms with van der Waals surface area (Å²) in [6, 6.07) is 0. The number of phosphoric ester groups is 1. The first-order chi connectivity index (χ1) is 10.0. The Hall–Kier alpha value is 0.0400. The van der Waals surface area contributed by atoms with Crippen molar-refractivity contribution in [3.05, 3.63) is 0 Å². The van der Waals surface area contributed by atoms with Gasteiger partial charge in [-0.2, -0.15) is 0 Å². The zero-order chi connectivity index (χ0) is 16.0. The third kappa shape index (κ3) is 13.4. The minimum atomic E-state index is -4.00. The van der Waals surface area contributed by atoms with Crippen molar-refractivity contribution >= 4 is 7.82 Å². The van der Waals surface area contributed by atoms with Crippen LogP contribution in [0, 0.1) is 0 Å². The molecule has 0 saturated heterocycles. The molecule has 0 bridgehead atoms. The van der Waals surface area contributed by atoms with E-state index in [4.69, 9.17) is 9.05 Å². The smallest absolute Gasteiger partial charge is 0.285 e. The predicted octanol–water partition coefficient (Wildman–Crippen LogP) is 6.36. The lowest BCUT2D eigenvalue weighted by atomic mass is 10.1. The Kier molecular flexibility index (Phi) is 13.7. The second-order valence-corrected chi connectivity index (χ2v) is 7.19. The van der Waals surface area contributed by atoms with Gasteiger partial charge in [-0.3, -0.25) is 9.05 Å². The fourth-order valence-electron chi connectivity index (χ4n) is 2.09. The Labute approximate surface area is 129 Å². The maximum atomic E-state index is 12.2. The van der Waals surface area contributed by atoms with Crippen LogP contribution in [0.2, 0.25) is 0 Å². The van der Waals surface area contributed by atoms with Crippen molar-refractivity contribution in [2.45, 2.75) is 91.1 Å². The van der Waals surface area contributed by atoms with Crippen LogP contribution in [0.5, 0.6) is 0 Å². The molecule has 0 spiro atoms. The van der Waals surface area contributed by atoms with Gasteiger partial charge in [-0.05, 0) is 24.8 Å². The van der Waals surface area contributed by atoms with E-state index in [-0.39, 0.29) is 6.61 Å². The van der Waals surface area contributed by atoms with Gasteiger partial charge in [0.15, 0.2) is 0 Å². The predicted molar refractivity (Wildman–Crippen MR) is 83.8 cm³/mol. The SMILES string of the molecule is CCCCCCCCCCCCOP(=O)(OF)OC(C)C. The van der Waals surface area contributed by atoms with Gasteiger partial charge in [0.2, 0.25) is 0 Å². The van der Waals surface area contributed by atoms with Crippen molar-refractivity contribution in [1.82, 2.24) is 0 Å².